The molecule has 0 bridgehead atoms. The van der Waals surface area contributed by atoms with Crippen molar-refractivity contribution < 1.29 is 14.6 Å². The maximum absolute atomic E-state index is 11.7. The van der Waals surface area contributed by atoms with Gasteiger partial charge in [-0.25, -0.2) is 4.79 Å². The molecular formula is C14H17N3O3. The number of aliphatic hydroxyl groups excluding tert-OH is 1. The number of benzene rings is 1. The van der Waals surface area contributed by atoms with Crippen molar-refractivity contribution >= 4 is 6.09 Å². The number of hydrogen-bond acceptors (Lipinski definition) is 4. The normalized spacial score (nSPS) is 11.9. The van der Waals surface area contributed by atoms with Gasteiger partial charge in [-0.2, -0.15) is 5.10 Å². The van der Waals surface area contributed by atoms with E-state index >= 15 is 0 Å². The highest BCUT2D eigenvalue weighted by Crippen LogP contribution is 2.11. The Kier molecular flexibility index (Phi) is 4.73. The monoisotopic (exact) mass is 275 g/mol. The Morgan fingerprint density at radius 3 is 2.75 bits per heavy atom. The van der Waals surface area contributed by atoms with Crippen LogP contribution in [0.3, 0.4) is 0 Å². The number of carbonyl (C=O) groups excluding carboxylic acids is 1. The Labute approximate surface area is 117 Å². The summed E-state index contributed by atoms with van der Waals surface area (Å²) in [7, 11) is 1.75. The van der Waals surface area contributed by atoms with Crippen molar-refractivity contribution in [3.63, 3.8) is 0 Å². The third-order valence-electron chi connectivity index (χ3n) is 2.90. The Bertz CT molecular complexity index is 554. The summed E-state index contributed by atoms with van der Waals surface area (Å²) in [6.45, 7) is -0.0316. The van der Waals surface area contributed by atoms with Crippen LogP contribution in [0.5, 0.6) is 0 Å². The fraction of sp³-hybridized carbons (Fsp3) is 0.286. The van der Waals surface area contributed by atoms with E-state index in [2.05, 4.69) is 10.4 Å². The van der Waals surface area contributed by atoms with Gasteiger partial charge in [0.2, 0.25) is 0 Å². The summed E-state index contributed by atoms with van der Waals surface area (Å²) in [5, 5.41) is 16.0. The maximum Gasteiger partial charge on any atom is 0.408 e. The maximum atomic E-state index is 11.7. The van der Waals surface area contributed by atoms with Crippen molar-refractivity contribution in [3.8, 4) is 0 Å². The van der Waals surface area contributed by atoms with E-state index in [0.29, 0.717) is 5.69 Å². The molecule has 6 heteroatoms. The largest absolute Gasteiger partial charge is 0.445 e. The molecule has 0 radical (unpaired) electrons. The highest BCUT2D eigenvalue weighted by Gasteiger charge is 2.17. The van der Waals surface area contributed by atoms with Crippen LogP contribution in [0.1, 0.15) is 17.3 Å². The minimum absolute atomic E-state index is 0.191. The molecule has 1 unspecified atom stereocenters. The number of nitrogens with one attached hydrogen (secondary N) is 1. The minimum atomic E-state index is -0.575. The summed E-state index contributed by atoms with van der Waals surface area (Å²) in [4.78, 5) is 11.7. The Morgan fingerprint density at radius 2 is 2.15 bits per heavy atom. The van der Waals surface area contributed by atoms with Crippen LogP contribution in [0, 0.1) is 0 Å². The molecule has 0 fully saturated rings. The number of rotatable bonds is 5. The smallest absolute Gasteiger partial charge is 0.408 e. The van der Waals surface area contributed by atoms with Crippen LogP contribution in [0.25, 0.3) is 0 Å². The first-order chi connectivity index (χ1) is 9.70. The second-order valence-electron chi connectivity index (χ2n) is 4.32. The van der Waals surface area contributed by atoms with Gasteiger partial charge in [-0.15, -0.1) is 0 Å². The van der Waals surface area contributed by atoms with Gasteiger partial charge < -0.3 is 15.2 Å². The van der Waals surface area contributed by atoms with Crippen LogP contribution in [0.15, 0.2) is 42.6 Å². The highest BCUT2D eigenvalue weighted by molar-refractivity contribution is 5.67. The van der Waals surface area contributed by atoms with E-state index in [0.717, 1.165) is 5.56 Å². The summed E-state index contributed by atoms with van der Waals surface area (Å²) >= 11 is 0. The second-order valence-corrected chi connectivity index (χ2v) is 4.32. The quantitative estimate of drug-likeness (QED) is 0.864. The molecule has 0 spiro atoms. The fourth-order valence-corrected chi connectivity index (χ4v) is 1.85. The minimum Gasteiger partial charge on any atom is -0.445 e. The van der Waals surface area contributed by atoms with E-state index in [-0.39, 0.29) is 13.2 Å². The first-order valence-electron chi connectivity index (χ1n) is 6.26. The van der Waals surface area contributed by atoms with Crippen LogP contribution in [-0.2, 0) is 18.4 Å². The van der Waals surface area contributed by atoms with Gasteiger partial charge in [0.1, 0.15) is 6.61 Å². The number of amides is 1. The van der Waals surface area contributed by atoms with Gasteiger partial charge in [0.15, 0.2) is 0 Å². The van der Waals surface area contributed by atoms with Crippen LogP contribution in [0.4, 0.5) is 4.79 Å². The molecule has 6 nitrogen and oxygen atoms in total. The fourth-order valence-electron chi connectivity index (χ4n) is 1.85. The predicted octanol–water partition coefficient (Wildman–Crippen LogP) is 1.38. The first-order valence-corrected chi connectivity index (χ1v) is 6.26. The summed E-state index contributed by atoms with van der Waals surface area (Å²) < 4.78 is 6.70. The van der Waals surface area contributed by atoms with Crippen LogP contribution in [-0.4, -0.2) is 27.6 Å². The zero-order chi connectivity index (χ0) is 14.4. The van der Waals surface area contributed by atoms with E-state index < -0.39 is 12.1 Å². The lowest BCUT2D eigenvalue weighted by Gasteiger charge is -2.16. The van der Waals surface area contributed by atoms with Crippen molar-refractivity contribution in [2.75, 3.05) is 6.61 Å². The van der Waals surface area contributed by atoms with Gasteiger partial charge in [0.05, 0.1) is 18.3 Å². The van der Waals surface area contributed by atoms with E-state index in [4.69, 9.17) is 4.74 Å². The zero-order valence-electron chi connectivity index (χ0n) is 11.2. The van der Waals surface area contributed by atoms with Crippen molar-refractivity contribution in [2.45, 2.75) is 12.6 Å². The first kappa shape index (κ1) is 14.1. The molecule has 2 aromatic rings. The van der Waals surface area contributed by atoms with Gasteiger partial charge in [-0.05, 0) is 11.6 Å². The molecule has 1 amide bonds. The second kappa shape index (κ2) is 6.72. The lowest BCUT2D eigenvalue weighted by atomic mass is 10.2. The van der Waals surface area contributed by atoms with Crippen molar-refractivity contribution in [1.82, 2.24) is 15.1 Å². The predicted molar refractivity (Wildman–Crippen MR) is 72.8 cm³/mol. The Balaban J connectivity index is 1.88. The van der Waals surface area contributed by atoms with E-state index in [1.54, 1.807) is 24.0 Å². The number of carbonyl (C=O) groups is 1. The third kappa shape index (κ3) is 3.58. The van der Waals surface area contributed by atoms with Gasteiger partial charge in [-0.3, -0.25) is 4.68 Å². The molecule has 106 valence electrons. The Morgan fingerprint density at radius 1 is 1.40 bits per heavy atom. The number of alkyl carbamates (subject to hydrolysis) is 1. The molecule has 1 aromatic heterocycles. The molecule has 0 saturated heterocycles. The summed E-state index contributed by atoms with van der Waals surface area (Å²) in [5.74, 6) is 0. The van der Waals surface area contributed by atoms with Gasteiger partial charge in [-0.1, -0.05) is 30.3 Å². The van der Waals surface area contributed by atoms with E-state index in [1.807, 2.05) is 30.3 Å². The standard InChI is InChI=1S/C14H17N3O3/c1-17-13(7-8-15-17)12(9-18)16-14(19)20-10-11-5-3-2-4-6-11/h2-8,12,18H,9-10H2,1H3,(H,16,19). The number of ether oxygens (including phenoxy) is 1. The molecule has 20 heavy (non-hydrogen) atoms. The number of hydrogen-bond donors (Lipinski definition) is 2. The SMILES string of the molecule is Cn1nccc1C(CO)NC(=O)OCc1ccccc1. The third-order valence-corrected chi connectivity index (χ3v) is 2.90. The highest BCUT2D eigenvalue weighted by atomic mass is 16.5. The van der Waals surface area contributed by atoms with Crippen LogP contribution >= 0.6 is 0 Å². The summed E-state index contributed by atoms with van der Waals surface area (Å²) in [6, 6.07) is 10.6. The number of aromatic nitrogens is 2. The number of aryl methyl sites for hydroxylation is 1. The van der Waals surface area contributed by atoms with Gasteiger partial charge >= 0.3 is 6.09 Å². The lowest BCUT2D eigenvalue weighted by molar-refractivity contribution is 0.128. The van der Waals surface area contributed by atoms with Crippen LogP contribution in [0.2, 0.25) is 0 Å². The average Bonchev–Trinajstić information content (AvgIpc) is 2.90. The van der Waals surface area contributed by atoms with Gasteiger partial charge in [0, 0.05) is 13.2 Å². The molecule has 2 rings (SSSR count). The average molecular weight is 275 g/mol. The zero-order valence-corrected chi connectivity index (χ0v) is 11.2. The summed E-state index contributed by atoms with van der Waals surface area (Å²) in [6.07, 6.45) is 1.03. The Hall–Kier alpha value is -2.34. The molecule has 1 atom stereocenters. The molecule has 2 N–H and O–H groups in total. The summed E-state index contributed by atoms with van der Waals surface area (Å²) in [5.41, 5.74) is 1.62. The topological polar surface area (TPSA) is 76.4 Å². The van der Waals surface area contributed by atoms with E-state index in [1.165, 1.54) is 0 Å². The molecule has 0 saturated carbocycles. The lowest BCUT2D eigenvalue weighted by Crippen LogP contribution is -2.32. The molecule has 0 aliphatic heterocycles. The van der Waals surface area contributed by atoms with Crippen molar-refractivity contribution in [3.05, 3.63) is 53.9 Å². The molecule has 0 aliphatic carbocycles. The van der Waals surface area contributed by atoms with Crippen molar-refractivity contribution in [1.29, 1.82) is 0 Å². The molecule has 0 aliphatic rings. The molecule has 1 heterocycles. The van der Waals surface area contributed by atoms with Crippen LogP contribution < -0.4 is 5.32 Å². The number of aliphatic hydroxyl groups is 1. The molecular weight excluding hydrogens is 258 g/mol. The number of nitrogens with zero attached hydrogens (tertiary/aromatic N) is 2. The van der Waals surface area contributed by atoms with E-state index in [9.17, 15) is 9.90 Å². The molecule has 1 aromatic carbocycles. The van der Waals surface area contributed by atoms with Gasteiger partial charge in [0.25, 0.3) is 0 Å². The van der Waals surface area contributed by atoms with Crippen molar-refractivity contribution in [2.24, 2.45) is 7.05 Å².